The number of aromatic nitrogens is 3. The Morgan fingerprint density at radius 3 is 2.47 bits per heavy atom. The van der Waals surface area contributed by atoms with E-state index in [1.165, 1.54) is 7.11 Å². The van der Waals surface area contributed by atoms with Gasteiger partial charge in [-0.2, -0.15) is 20.2 Å². The van der Waals surface area contributed by atoms with E-state index in [1.807, 2.05) is 6.92 Å². The highest BCUT2D eigenvalue weighted by Crippen LogP contribution is 2.14. The topological polar surface area (TPSA) is 95.8 Å². The molecule has 7 heteroatoms. The quantitative estimate of drug-likeness (QED) is 0.788. The molecule has 0 aliphatic rings. The van der Waals surface area contributed by atoms with Gasteiger partial charge < -0.3 is 15.4 Å². The van der Waals surface area contributed by atoms with Gasteiger partial charge in [0.25, 0.3) is 0 Å². The van der Waals surface area contributed by atoms with Crippen LogP contribution < -0.4 is 15.4 Å². The Kier molecular flexibility index (Phi) is 4.04. The van der Waals surface area contributed by atoms with Crippen LogP contribution in [0.3, 0.4) is 0 Å². The Morgan fingerprint density at radius 2 is 1.94 bits per heavy atom. The monoisotopic (exact) mass is 236 g/mol. The van der Waals surface area contributed by atoms with Gasteiger partial charge in [-0.05, 0) is 20.8 Å². The lowest BCUT2D eigenvalue weighted by molar-refractivity contribution is 0.379. The van der Waals surface area contributed by atoms with Crippen molar-refractivity contribution in [1.29, 1.82) is 5.26 Å². The molecular formula is C10H16N6O. The fraction of sp³-hybridized carbons (Fsp3) is 0.600. The summed E-state index contributed by atoms with van der Waals surface area (Å²) < 4.78 is 4.96. The predicted molar refractivity (Wildman–Crippen MR) is 63.9 cm³/mol. The SMILES string of the molecule is CCNc1nc(NC(C)(C)C#N)nc(OC)n1. The summed E-state index contributed by atoms with van der Waals surface area (Å²) in [5.41, 5.74) is -0.754. The molecule has 0 fully saturated rings. The third-order valence-electron chi connectivity index (χ3n) is 1.84. The van der Waals surface area contributed by atoms with Gasteiger partial charge in [0.05, 0.1) is 13.2 Å². The molecule has 2 N–H and O–H groups in total. The number of hydrogen-bond acceptors (Lipinski definition) is 7. The first-order valence-electron chi connectivity index (χ1n) is 5.24. The Bertz CT molecular complexity index is 425. The minimum absolute atomic E-state index is 0.201. The van der Waals surface area contributed by atoms with Crippen LogP contribution in [0.4, 0.5) is 11.9 Å². The van der Waals surface area contributed by atoms with E-state index < -0.39 is 5.54 Å². The van der Waals surface area contributed by atoms with Crippen LogP contribution in [0.2, 0.25) is 0 Å². The molecule has 1 heterocycles. The first-order chi connectivity index (χ1) is 8.00. The van der Waals surface area contributed by atoms with E-state index in [9.17, 15) is 0 Å². The van der Waals surface area contributed by atoms with Crippen LogP contribution in [0.5, 0.6) is 6.01 Å². The summed E-state index contributed by atoms with van der Waals surface area (Å²) in [5.74, 6) is 0.718. The summed E-state index contributed by atoms with van der Waals surface area (Å²) in [4.78, 5) is 12.2. The lowest BCUT2D eigenvalue weighted by Crippen LogP contribution is -2.29. The summed E-state index contributed by atoms with van der Waals surface area (Å²) in [5, 5.41) is 14.8. The second kappa shape index (κ2) is 5.30. The lowest BCUT2D eigenvalue weighted by Gasteiger charge is -2.17. The summed E-state index contributed by atoms with van der Waals surface area (Å²) in [6.45, 7) is 6.09. The summed E-state index contributed by atoms with van der Waals surface area (Å²) in [6.07, 6.45) is 0. The van der Waals surface area contributed by atoms with Crippen LogP contribution in [-0.2, 0) is 0 Å². The fourth-order valence-electron chi connectivity index (χ4n) is 1.05. The normalized spacial score (nSPS) is 10.5. The zero-order chi connectivity index (χ0) is 12.9. The van der Waals surface area contributed by atoms with Crippen molar-refractivity contribution in [3.8, 4) is 12.1 Å². The van der Waals surface area contributed by atoms with Gasteiger partial charge in [0.2, 0.25) is 11.9 Å². The zero-order valence-electron chi connectivity index (χ0n) is 10.4. The summed E-state index contributed by atoms with van der Waals surface area (Å²) in [7, 11) is 1.48. The van der Waals surface area contributed by atoms with Crippen molar-refractivity contribution in [1.82, 2.24) is 15.0 Å². The molecule has 0 aliphatic heterocycles. The van der Waals surface area contributed by atoms with Crippen LogP contribution in [0.1, 0.15) is 20.8 Å². The average Bonchev–Trinajstić information content (AvgIpc) is 2.28. The average molecular weight is 236 g/mol. The predicted octanol–water partition coefficient (Wildman–Crippen LogP) is 1.03. The van der Waals surface area contributed by atoms with Gasteiger partial charge in [0.15, 0.2) is 0 Å². The van der Waals surface area contributed by atoms with E-state index in [-0.39, 0.29) is 6.01 Å². The molecule has 7 nitrogen and oxygen atoms in total. The number of nitriles is 1. The molecule has 92 valence electrons. The van der Waals surface area contributed by atoms with Gasteiger partial charge in [0, 0.05) is 6.54 Å². The van der Waals surface area contributed by atoms with Crippen molar-refractivity contribution >= 4 is 11.9 Å². The molecule has 1 aromatic heterocycles. The van der Waals surface area contributed by atoms with E-state index in [0.717, 1.165) is 0 Å². The van der Waals surface area contributed by atoms with Crippen LogP contribution in [0.25, 0.3) is 0 Å². The summed E-state index contributed by atoms with van der Waals surface area (Å²) >= 11 is 0. The third kappa shape index (κ3) is 3.75. The zero-order valence-corrected chi connectivity index (χ0v) is 10.4. The van der Waals surface area contributed by atoms with Crippen LogP contribution in [0.15, 0.2) is 0 Å². The van der Waals surface area contributed by atoms with Crippen LogP contribution >= 0.6 is 0 Å². The standard InChI is InChI=1S/C10H16N6O/c1-5-12-7-13-8(15-9(14-7)17-4)16-10(2,3)6-11/h5H2,1-4H3,(H2,12,13,14,15,16). The first-order valence-corrected chi connectivity index (χ1v) is 5.24. The maximum Gasteiger partial charge on any atom is 0.322 e. The number of ether oxygens (including phenoxy) is 1. The van der Waals surface area contributed by atoms with E-state index >= 15 is 0 Å². The van der Waals surface area contributed by atoms with E-state index in [1.54, 1.807) is 13.8 Å². The van der Waals surface area contributed by atoms with Gasteiger partial charge in [-0.3, -0.25) is 0 Å². The summed E-state index contributed by atoms with van der Waals surface area (Å²) in [6, 6.07) is 2.31. The highest BCUT2D eigenvalue weighted by molar-refractivity contribution is 5.39. The number of methoxy groups -OCH3 is 1. The van der Waals surface area contributed by atoms with Gasteiger partial charge in [-0.15, -0.1) is 0 Å². The van der Waals surface area contributed by atoms with E-state index in [2.05, 4.69) is 31.7 Å². The highest BCUT2D eigenvalue weighted by atomic mass is 16.5. The molecule has 0 radical (unpaired) electrons. The molecule has 1 aromatic rings. The molecule has 0 atom stereocenters. The molecule has 0 aromatic carbocycles. The molecule has 17 heavy (non-hydrogen) atoms. The molecule has 0 aliphatic carbocycles. The van der Waals surface area contributed by atoms with E-state index in [0.29, 0.717) is 18.4 Å². The minimum Gasteiger partial charge on any atom is -0.467 e. The smallest absolute Gasteiger partial charge is 0.322 e. The van der Waals surface area contributed by atoms with Crippen LogP contribution in [0, 0.1) is 11.3 Å². The second-order valence-electron chi connectivity index (χ2n) is 3.86. The van der Waals surface area contributed by atoms with Crippen molar-refractivity contribution in [2.45, 2.75) is 26.3 Å². The second-order valence-corrected chi connectivity index (χ2v) is 3.86. The molecule has 0 saturated heterocycles. The third-order valence-corrected chi connectivity index (χ3v) is 1.84. The molecule has 0 saturated carbocycles. The minimum atomic E-state index is -0.754. The van der Waals surface area contributed by atoms with Crippen molar-refractivity contribution in [3.63, 3.8) is 0 Å². The van der Waals surface area contributed by atoms with Crippen molar-refractivity contribution in [2.24, 2.45) is 0 Å². The molecule has 0 amide bonds. The van der Waals surface area contributed by atoms with Crippen molar-refractivity contribution in [3.05, 3.63) is 0 Å². The molecular weight excluding hydrogens is 220 g/mol. The number of nitrogens with one attached hydrogen (secondary N) is 2. The Morgan fingerprint density at radius 1 is 1.29 bits per heavy atom. The largest absolute Gasteiger partial charge is 0.467 e. The van der Waals surface area contributed by atoms with Crippen LogP contribution in [-0.4, -0.2) is 34.1 Å². The Hall–Kier alpha value is -2.10. The number of nitrogens with zero attached hydrogens (tertiary/aromatic N) is 4. The highest BCUT2D eigenvalue weighted by Gasteiger charge is 2.18. The molecule has 1 rings (SSSR count). The molecule has 0 spiro atoms. The lowest BCUT2D eigenvalue weighted by atomic mass is 10.1. The van der Waals surface area contributed by atoms with Gasteiger partial charge in [0.1, 0.15) is 5.54 Å². The van der Waals surface area contributed by atoms with Gasteiger partial charge >= 0.3 is 6.01 Å². The Labute approximate surface area is 100 Å². The van der Waals surface area contributed by atoms with Gasteiger partial charge in [-0.25, -0.2) is 0 Å². The first kappa shape index (κ1) is 13.0. The van der Waals surface area contributed by atoms with Crippen molar-refractivity contribution in [2.75, 3.05) is 24.3 Å². The number of hydrogen-bond donors (Lipinski definition) is 2. The van der Waals surface area contributed by atoms with Crippen molar-refractivity contribution < 1.29 is 4.74 Å². The maximum atomic E-state index is 8.92. The molecule has 0 unspecified atom stereocenters. The number of anilines is 2. The van der Waals surface area contributed by atoms with Gasteiger partial charge in [-0.1, -0.05) is 0 Å². The van der Waals surface area contributed by atoms with E-state index in [4.69, 9.17) is 10.00 Å². The molecule has 0 bridgehead atoms. The number of rotatable bonds is 5. The maximum absolute atomic E-state index is 8.92. The Balaban J connectivity index is 2.99. The fourth-order valence-corrected chi connectivity index (χ4v) is 1.05.